The fraction of sp³-hybridized carbons (Fsp3) is 0.300. The number of carbonyl (C=O) groups is 2. The minimum absolute atomic E-state index is 0.0324. The fourth-order valence-corrected chi connectivity index (χ4v) is 3.90. The molecular formula is C20H24N2O5S. The third-order valence-electron chi connectivity index (χ3n) is 4.06. The molecule has 7 nitrogen and oxygen atoms in total. The highest BCUT2D eigenvalue weighted by molar-refractivity contribution is 7.92. The number of rotatable bonds is 6. The Morgan fingerprint density at radius 3 is 2.36 bits per heavy atom. The largest absolute Gasteiger partial charge is 0.449 e. The van der Waals surface area contributed by atoms with Crippen LogP contribution in [0.25, 0.3) is 0 Å². The van der Waals surface area contributed by atoms with E-state index in [9.17, 15) is 18.0 Å². The molecule has 2 aromatic carbocycles. The summed E-state index contributed by atoms with van der Waals surface area (Å²) in [6, 6.07) is 11.2. The second kappa shape index (κ2) is 8.43. The summed E-state index contributed by atoms with van der Waals surface area (Å²) in [6.45, 7) is 4.96. The Morgan fingerprint density at radius 1 is 1.07 bits per heavy atom. The number of carbonyl (C=O) groups excluding carboxylic acids is 2. The predicted octanol–water partition coefficient (Wildman–Crippen LogP) is 2.74. The standard InChI is InChI=1S/C20H24N2O5S/c1-13-7-6-8-17(11-13)21-28(25,26)18-12-16(10-9-14(18)2)20(24)27-15(3)19(23)22(4)5/h6-12,15,21H,1-5H3/t15-/m0/s1. The number of esters is 1. The Morgan fingerprint density at radius 2 is 1.75 bits per heavy atom. The minimum atomic E-state index is -3.91. The lowest BCUT2D eigenvalue weighted by atomic mass is 10.1. The summed E-state index contributed by atoms with van der Waals surface area (Å²) < 4.78 is 33.3. The van der Waals surface area contributed by atoms with E-state index in [2.05, 4.69) is 4.72 Å². The number of hydrogen-bond acceptors (Lipinski definition) is 5. The highest BCUT2D eigenvalue weighted by atomic mass is 32.2. The predicted molar refractivity (Wildman–Crippen MR) is 107 cm³/mol. The van der Waals surface area contributed by atoms with Gasteiger partial charge in [-0.1, -0.05) is 18.2 Å². The van der Waals surface area contributed by atoms with Crippen molar-refractivity contribution in [2.24, 2.45) is 0 Å². The summed E-state index contributed by atoms with van der Waals surface area (Å²) >= 11 is 0. The van der Waals surface area contributed by atoms with Crippen LogP contribution >= 0.6 is 0 Å². The van der Waals surface area contributed by atoms with Gasteiger partial charge >= 0.3 is 5.97 Å². The number of nitrogens with zero attached hydrogens (tertiary/aromatic N) is 1. The minimum Gasteiger partial charge on any atom is -0.449 e. The number of amides is 1. The van der Waals surface area contributed by atoms with Crippen molar-refractivity contribution < 1.29 is 22.7 Å². The number of sulfonamides is 1. The molecule has 0 aliphatic heterocycles. The first-order valence-electron chi connectivity index (χ1n) is 8.63. The van der Waals surface area contributed by atoms with Crippen LogP contribution in [-0.4, -0.2) is 45.4 Å². The average Bonchev–Trinajstić information content (AvgIpc) is 2.60. The zero-order valence-corrected chi connectivity index (χ0v) is 17.3. The molecular weight excluding hydrogens is 380 g/mol. The van der Waals surface area contributed by atoms with E-state index in [-0.39, 0.29) is 16.4 Å². The van der Waals surface area contributed by atoms with E-state index in [1.807, 2.05) is 13.0 Å². The van der Waals surface area contributed by atoms with Crippen molar-refractivity contribution >= 4 is 27.6 Å². The molecule has 0 aliphatic rings. The van der Waals surface area contributed by atoms with Gasteiger partial charge in [0.15, 0.2) is 6.10 Å². The normalized spacial score (nSPS) is 12.2. The Balaban J connectivity index is 2.29. The van der Waals surface area contributed by atoms with Crippen LogP contribution in [0.4, 0.5) is 5.69 Å². The molecule has 0 aromatic heterocycles. The lowest BCUT2D eigenvalue weighted by Gasteiger charge is -2.17. The molecule has 2 rings (SSSR count). The maximum Gasteiger partial charge on any atom is 0.338 e. The van der Waals surface area contributed by atoms with Crippen LogP contribution in [0.15, 0.2) is 47.4 Å². The van der Waals surface area contributed by atoms with Crippen LogP contribution in [0.5, 0.6) is 0 Å². The lowest BCUT2D eigenvalue weighted by Crippen LogP contribution is -2.34. The summed E-state index contributed by atoms with van der Waals surface area (Å²) in [5, 5.41) is 0. The number of benzene rings is 2. The smallest absolute Gasteiger partial charge is 0.338 e. The topological polar surface area (TPSA) is 92.8 Å². The molecule has 0 aliphatic carbocycles. The molecule has 0 bridgehead atoms. The fourth-order valence-electron chi connectivity index (χ4n) is 2.58. The number of anilines is 1. The quantitative estimate of drug-likeness (QED) is 0.748. The van der Waals surface area contributed by atoms with Crippen LogP contribution in [0.1, 0.15) is 28.4 Å². The Bertz CT molecular complexity index is 999. The van der Waals surface area contributed by atoms with Gasteiger partial charge in [0, 0.05) is 19.8 Å². The van der Waals surface area contributed by atoms with Gasteiger partial charge < -0.3 is 9.64 Å². The third-order valence-corrected chi connectivity index (χ3v) is 5.58. The van der Waals surface area contributed by atoms with E-state index in [0.717, 1.165) is 5.56 Å². The molecule has 0 spiro atoms. The van der Waals surface area contributed by atoms with Gasteiger partial charge in [-0.05, 0) is 56.2 Å². The van der Waals surface area contributed by atoms with Crippen molar-refractivity contribution in [2.45, 2.75) is 31.8 Å². The van der Waals surface area contributed by atoms with E-state index >= 15 is 0 Å². The third kappa shape index (κ3) is 5.10. The number of hydrogen-bond donors (Lipinski definition) is 1. The molecule has 150 valence electrons. The molecule has 0 heterocycles. The van der Waals surface area contributed by atoms with Gasteiger partial charge in [0.2, 0.25) is 0 Å². The van der Waals surface area contributed by atoms with E-state index < -0.39 is 22.1 Å². The Labute approximate surface area is 165 Å². The number of likely N-dealkylation sites (N-methyl/N-ethyl adjacent to an activating group) is 1. The lowest BCUT2D eigenvalue weighted by molar-refractivity contribution is -0.137. The highest BCUT2D eigenvalue weighted by Gasteiger charge is 2.23. The molecule has 0 saturated carbocycles. The summed E-state index contributed by atoms with van der Waals surface area (Å²) in [5.41, 5.74) is 1.87. The Kier molecular flexibility index (Phi) is 6.45. The summed E-state index contributed by atoms with van der Waals surface area (Å²) in [7, 11) is -0.796. The first kappa shape index (κ1) is 21.4. The van der Waals surface area contributed by atoms with Crippen molar-refractivity contribution in [3.8, 4) is 0 Å². The molecule has 0 fully saturated rings. The van der Waals surface area contributed by atoms with E-state index in [4.69, 9.17) is 4.74 Å². The van der Waals surface area contributed by atoms with Crippen LogP contribution in [0, 0.1) is 13.8 Å². The second-order valence-electron chi connectivity index (χ2n) is 6.74. The first-order valence-corrected chi connectivity index (χ1v) is 10.1. The van der Waals surface area contributed by atoms with Crippen molar-refractivity contribution in [3.63, 3.8) is 0 Å². The van der Waals surface area contributed by atoms with E-state index in [1.54, 1.807) is 39.2 Å². The van der Waals surface area contributed by atoms with Gasteiger partial charge in [0.25, 0.3) is 15.9 Å². The summed E-state index contributed by atoms with van der Waals surface area (Å²) in [6.07, 6.45) is -0.978. The molecule has 1 N–H and O–H groups in total. The molecule has 2 aromatic rings. The van der Waals surface area contributed by atoms with Gasteiger partial charge in [0.1, 0.15) is 0 Å². The van der Waals surface area contributed by atoms with Gasteiger partial charge in [-0.25, -0.2) is 13.2 Å². The maximum absolute atomic E-state index is 12.8. The van der Waals surface area contributed by atoms with Gasteiger partial charge in [0.05, 0.1) is 10.5 Å². The van der Waals surface area contributed by atoms with Crippen molar-refractivity contribution in [1.82, 2.24) is 4.90 Å². The van der Waals surface area contributed by atoms with E-state index in [0.29, 0.717) is 11.3 Å². The van der Waals surface area contributed by atoms with Crippen LogP contribution in [0.3, 0.4) is 0 Å². The zero-order valence-electron chi connectivity index (χ0n) is 16.5. The molecule has 0 unspecified atom stereocenters. The second-order valence-corrected chi connectivity index (χ2v) is 8.39. The molecule has 0 saturated heterocycles. The van der Waals surface area contributed by atoms with Crippen molar-refractivity contribution in [1.29, 1.82) is 0 Å². The SMILES string of the molecule is Cc1cccc(NS(=O)(=O)c2cc(C(=O)O[C@@H](C)C(=O)N(C)C)ccc2C)c1. The zero-order chi connectivity index (χ0) is 21.1. The average molecular weight is 404 g/mol. The van der Waals surface area contributed by atoms with Crippen molar-refractivity contribution in [3.05, 3.63) is 59.2 Å². The Hall–Kier alpha value is -2.87. The summed E-state index contributed by atoms with van der Waals surface area (Å²) in [5.74, 6) is -1.14. The maximum atomic E-state index is 12.8. The number of nitrogens with one attached hydrogen (secondary N) is 1. The van der Waals surface area contributed by atoms with Gasteiger partial charge in [-0.15, -0.1) is 0 Å². The molecule has 1 amide bonds. The highest BCUT2D eigenvalue weighted by Crippen LogP contribution is 2.22. The molecule has 28 heavy (non-hydrogen) atoms. The molecule has 8 heteroatoms. The number of aryl methyl sites for hydroxylation is 2. The monoisotopic (exact) mass is 404 g/mol. The first-order chi connectivity index (χ1) is 13.0. The van der Waals surface area contributed by atoms with E-state index in [1.165, 1.54) is 30.0 Å². The molecule has 0 radical (unpaired) electrons. The van der Waals surface area contributed by atoms with Crippen molar-refractivity contribution in [2.75, 3.05) is 18.8 Å². The van der Waals surface area contributed by atoms with Crippen LogP contribution < -0.4 is 4.72 Å². The molecule has 1 atom stereocenters. The van der Waals surface area contributed by atoms with Crippen LogP contribution in [-0.2, 0) is 19.6 Å². The van der Waals surface area contributed by atoms with Gasteiger partial charge in [-0.3, -0.25) is 9.52 Å². The van der Waals surface area contributed by atoms with Gasteiger partial charge in [-0.2, -0.15) is 0 Å². The summed E-state index contributed by atoms with van der Waals surface area (Å²) in [4.78, 5) is 25.5. The van der Waals surface area contributed by atoms with Crippen LogP contribution in [0.2, 0.25) is 0 Å². The number of ether oxygens (including phenoxy) is 1.